The van der Waals surface area contributed by atoms with Gasteiger partial charge in [-0.1, -0.05) is 12.1 Å². The molecule has 0 spiro atoms. The normalized spacial score (nSPS) is 15.6. The number of H-pyrrole nitrogens is 2. The number of benzene rings is 3. The van der Waals surface area contributed by atoms with Crippen molar-refractivity contribution in [2.75, 3.05) is 90.2 Å². The molecule has 62 heavy (non-hydrogen) atoms. The van der Waals surface area contributed by atoms with Gasteiger partial charge in [0.05, 0.1) is 31.0 Å². The van der Waals surface area contributed by atoms with Crippen LogP contribution in [0, 0.1) is 0 Å². The lowest BCUT2D eigenvalue weighted by atomic mass is 9.95. The van der Waals surface area contributed by atoms with Crippen molar-refractivity contribution in [1.82, 2.24) is 24.7 Å². The second-order valence-electron chi connectivity index (χ2n) is 15.1. The largest absolute Gasteiger partial charge is 0.493 e. The number of para-hydroxylation sites is 1. The number of furan rings is 1. The number of piperazine rings is 1. The van der Waals surface area contributed by atoms with Crippen LogP contribution in [0.5, 0.6) is 11.5 Å². The van der Waals surface area contributed by atoms with Gasteiger partial charge in [0.25, 0.3) is 11.8 Å². The number of carbonyl (C=O) groups is 4. The van der Waals surface area contributed by atoms with E-state index in [9.17, 15) is 32.3 Å². The van der Waals surface area contributed by atoms with E-state index in [4.69, 9.17) is 30.2 Å². The Bertz CT molecular complexity index is 2700. The minimum Gasteiger partial charge on any atom is -0.493 e. The zero-order chi connectivity index (χ0) is 43.3. The zero-order valence-corrected chi connectivity index (χ0v) is 35.5. The number of nitrogens with one attached hydrogen (secondary N) is 3. The topological polar surface area (TPSA) is 166 Å². The van der Waals surface area contributed by atoms with Crippen LogP contribution >= 0.6 is 24.0 Å². The molecule has 1 saturated heterocycles. The smallest absolute Gasteiger partial charge is 0.432 e. The molecule has 0 aliphatic carbocycles. The number of ether oxygens (including phenoxy) is 3. The molecule has 5 heterocycles. The maximum absolute atomic E-state index is 14.6. The van der Waals surface area contributed by atoms with Gasteiger partial charge in [0.2, 0.25) is 0 Å². The van der Waals surface area contributed by atoms with Crippen molar-refractivity contribution in [3.8, 4) is 11.5 Å². The second kappa shape index (κ2) is 17.4. The molecule has 8 rings (SSSR count). The molecule has 3 amide bonds. The predicted octanol–water partition coefficient (Wildman–Crippen LogP) is 7.54. The lowest BCUT2D eigenvalue weighted by Gasteiger charge is -2.34. The number of halogens is 5. The Morgan fingerprint density at radius 2 is 1.73 bits per heavy atom. The molecule has 0 bridgehead atoms. The third-order valence-corrected chi connectivity index (χ3v) is 11.4. The number of esters is 1. The van der Waals surface area contributed by atoms with Gasteiger partial charge in [-0.25, -0.2) is 9.59 Å². The summed E-state index contributed by atoms with van der Waals surface area (Å²) in [5.41, 5.74) is -0.716. The fourth-order valence-electron chi connectivity index (χ4n) is 7.95. The monoisotopic (exact) mass is 899 g/mol. The molecule has 20 heteroatoms. The number of fused-ring (bicyclic) bond motifs is 5. The Morgan fingerprint density at radius 3 is 2.40 bits per heavy atom. The quantitative estimate of drug-likeness (QED) is 0.0924. The maximum Gasteiger partial charge on any atom is 0.432 e. The Labute approximate surface area is 363 Å². The molecule has 0 unspecified atom stereocenters. The zero-order valence-electron chi connectivity index (χ0n) is 33.9. The number of hydrogen-bond acceptors (Lipinski definition) is 10. The maximum atomic E-state index is 14.6. The predicted molar refractivity (Wildman–Crippen MR) is 229 cm³/mol. The molecule has 6 aromatic rings. The number of nitrogens with zero attached hydrogens (tertiary/aromatic N) is 4. The molecule has 0 radical (unpaired) electrons. The summed E-state index contributed by atoms with van der Waals surface area (Å²) in [6, 6.07) is 14.8. The third-order valence-electron chi connectivity index (χ3n) is 11.0. The standard InChI is InChI=1S/C42H41ClF3N7O8.ClH/c1-50(2)10-11-51-12-14-52(15-13-51)41(57)61-30-19-28-32(33-34(40(56)59-4)37(42(44,45)46)49-35(30)33)24(20-43)21-53(28)39(55)27-17-23-16-25(8-9-26(23)48-27)47-38(54)31-18-22-6-5-7-29(58-3)36(22)60-31;/h5-9,16-19,24,48-49H,10-15,20-21H2,1-4H3,(H,47,54);1H/t24-;/m1./s1. The van der Waals surface area contributed by atoms with E-state index in [2.05, 4.69) is 25.1 Å². The van der Waals surface area contributed by atoms with E-state index >= 15 is 0 Å². The molecule has 2 aliphatic heterocycles. The Balaban J connectivity index is 0.00000578. The number of alkyl halides is 4. The van der Waals surface area contributed by atoms with Crippen LogP contribution in [0.25, 0.3) is 32.8 Å². The van der Waals surface area contributed by atoms with Crippen molar-refractivity contribution >= 4 is 92.0 Å². The molecular formula is C42H42Cl2F3N7O8. The Hall–Kier alpha value is -5.95. The van der Waals surface area contributed by atoms with Crippen molar-refractivity contribution in [2.45, 2.75) is 12.1 Å². The van der Waals surface area contributed by atoms with Gasteiger partial charge in [-0.15, -0.1) is 24.0 Å². The van der Waals surface area contributed by atoms with Gasteiger partial charge in [-0.2, -0.15) is 13.2 Å². The second-order valence-corrected chi connectivity index (χ2v) is 15.4. The van der Waals surface area contributed by atoms with Gasteiger partial charge >= 0.3 is 18.2 Å². The highest BCUT2D eigenvalue weighted by molar-refractivity contribution is 6.20. The number of anilines is 2. The van der Waals surface area contributed by atoms with Gasteiger partial charge in [-0.3, -0.25) is 14.5 Å². The van der Waals surface area contributed by atoms with E-state index in [0.717, 1.165) is 20.2 Å². The molecule has 2 aliphatic rings. The van der Waals surface area contributed by atoms with E-state index in [0.29, 0.717) is 59.5 Å². The first-order valence-corrected chi connectivity index (χ1v) is 19.8. The van der Waals surface area contributed by atoms with Crippen LogP contribution in [0.4, 0.5) is 29.3 Å². The Kier molecular flexibility index (Phi) is 12.4. The summed E-state index contributed by atoms with van der Waals surface area (Å²) < 4.78 is 65.8. The van der Waals surface area contributed by atoms with Gasteiger partial charge in [0, 0.05) is 91.0 Å². The summed E-state index contributed by atoms with van der Waals surface area (Å²) in [4.78, 5) is 67.0. The number of rotatable bonds is 10. The van der Waals surface area contributed by atoms with E-state index in [-0.39, 0.29) is 64.2 Å². The number of aromatic amines is 2. The third kappa shape index (κ3) is 8.22. The summed E-state index contributed by atoms with van der Waals surface area (Å²) in [5.74, 6) is -3.04. The van der Waals surface area contributed by atoms with Crippen molar-refractivity contribution in [3.05, 3.63) is 82.9 Å². The van der Waals surface area contributed by atoms with Crippen molar-refractivity contribution in [2.24, 2.45) is 0 Å². The average Bonchev–Trinajstić information content (AvgIpc) is 4.04. The highest BCUT2D eigenvalue weighted by Gasteiger charge is 2.44. The van der Waals surface area contributed by atoms with Gasteiger partial charge in [-0.05, 0) is 56.1 Å². The summed E-state index contributed by atoms with van der Waals surface area (Å²) in [7, 11) is 6.39. The SMILES string of the molecule is COC(=O)c1c(C(F)(F)F)[nH]c2c(OC(=O)N3CCN(CCN(C)C)CC3)cc3c(c12)[C@H](CCl)CN3C(=O)c1cc2cc(NC(=O)c3cc4cccc(OC)c4o3)ccc2[nH]1.Cl. The van der Waals surface area contributed by atoms with Crippen molar-refractivity contribution < 1.29 is 51.0 Å². The number of likely N-dealkylation sites (N-methyl/N-ethyl adjacent to an activating group) is 1. The minimum absolute atomic E-state index is 0. The molecule has 3 aromatic heterocycles. The Morgan fingerprint density at radius 1 is 0.968 bits per heavy atom. The van der Waals surface area contributed by atoms with Crippen LogP contribution in [0.3, 0.4) is 0 Å². The van der Waals surface area contributed by atoms with Crippen molar-refractivity contribution in [3.63, 3.8) is 0 Å². The van der Waals surface area contributed by atoms with Gasteiger partial charge < -0.3 is 48.6 Å². The molecule has 328 valence electrons. The molecule has 0 saturated carbocycles. The highest BCUT2D eigenvalue weighted by Crippen LogP contribution is 2.50. The van der Waals surface area contributed by atoms with Crippen LogP contribution in [0.2, 0.25) is 0 Å². The fraction of sp³-hybridized carbons (Fsp3) is 0.333. The molecule has 15 nitrogen and oxygen atoms in total. The molecular weight excluding hydrogens is 858 g/mol. The van der Waals surface area contributed by atoms with E-state index < -0.39 is 47.2 Å². The number of methoxy groups -OCH3 is 2. The summed E-state index contributed by atoms with van der Waals surface area (Å²) in [6.07, 6.45) is -5.86. The fourth-order valence-corrected chi connectivity index (χ4v) is 8.20. The molecule has 3 aromatic carbocycles. The first kappa shape index (κ1) is 44.1. The molecule has 3 N–H and O–H groups in total. The van der Waals surface area contributed by atoms with Crippen LogP contribution in [0.1, 0.15) is 48.6 Å². The number of hydrogen-bond donors (Lipinski definition) is 3. The van der Waals surface area contributed by atoms with Crippen LogP contribution < -0.4 is 19.7 Å². The van der Waals surface area contributed by atoms with Gasteiger partial charge in [0.15, 0.2) is 22.8 Å². The average molecular weight is 901 g/mol. The lowest BCUT2D eigenvalue weighted by molar-refractivity contribution is -0.141. The molecule has 1 fully saturated rings. The summed E-state index contributed by atoms with van der Waals surface area (Å²) in [6.45, 7) is 3.28. The number of amides is 3. The number of aromatic nitrogens is 2. The highest BCUT2D eigenvalue weighted by atomic mass is 35.5. The first-order valence-electron chi connectivity index (χ1n) is 19.3. The minimum atomic E-state index is -5.05. The first-order chi connectivity index (χ1) is 29.2. The van der Waals surface area contributed by atoms with Crippen LogP contribution in [-0.2, 0) is 10.9 Å². The van der Waals surface area contributed by atoms with E-state index in [1.807, 2.05) is 14.1 Å². The van der Waals surface area contributed by atoms with Gasteiger partial charge in [0.1, 0.15) is 11.4 Å². The van der Waals surface area contributed by atoms with E-state index in [1.165, 1.54) is 23.0 Å². The van der Waals surface area contributed by atoms with Crippen LogP contribution in [0.15, 0.2) is 59.0 Å². The lowest BCUT2D eigenvalue weighted by Crippen LogP contribution is -2.50. The van der Waals surface area contributed by atoms with Crippen LogP contribution in [-0.4, -0.2) is 129 Å². The van der Waals surface area contributed by atoms with Crippen molar-refractivity contribution in [1.29, 1.82) is 0 Å². The summed E-state index contributed by atoms with van der Waals surface area (Å²) >= 11 is 6.46. The number of carbonyl (C=O) groups excluding carboxylic acids is 4. The molecule has 1 atom stereocenters. The summed E-state index contributed by atoms with van der Waals surface area (Å²) in [5, 5.41) is 3.83. The van der Waals surface area contributed by atoms with E-state index in [1.54, 1.807) is 48.5 Å².